The molecule has 3 heteroatoms. The molecule has 0 radical (unpaired) electrons. The molecule has 0 aromatic heterocycles. The highest BCUT2D eigenvalue weighted by atomic mass is 16.5. The summed E-state index contributed by atoms with van der Waals surface area (Å²) in [7, 11) is 0. The molecule has 1 amide bonds. The summed E-state index contributed by atoms with van der Waals surface area (Å²) >= 11 is 0. The average molecular weight is 157 g/mol. The fourth-order valence-electron chi connectivity index (χ4n) is 0.793. The number of nitrogens with one attached hydrogen (secondary N) is 1. The number of alkyl carbamates (subject to hydrolysis) is 1. The molecule has 0 aromatic carbocycles. The van der Waals surface area contributed by atoms with Gasteiger partial charge in [-0.05, 0) is 19.8 Å². The highest BCUT2D eigenvalue weighted by Gasteiger charge is 2.38. The summed E-state index contributed by atoms with van der Waals surface area (Å²) in [6.07, 6.45) is 2.08. The topological polar surface area (TPSA) is 38.3 Å². The molecule has 64 valence electrons. The van der Waals surface area contributed by atoms with Gasteiger partial charge in [-0.1, -0.05) is 6.92 Å². The summed E-state index contributed by atoms with van der Waals surface area (Å²) in [4.78, 5) is 10.8. The van der Waals surface area contributed by atoms with E-state index in [0.717, 1.165) is 0 Å². The fraction of sp³-hybridized carbons (Fsp3) is 0.875. The second-order valence-electron chi connectivity index (χ2n) is 3.42. The largest absolute Gasteiger partial charge is 0.449 e. The van der Waals surface area contributed by atoms with Crippen LogP contribution < -0.4 is 5.32 Å². The van der Waals surface area contributed by atoms with E-state index in [2.05, 4.69) is 12.2 Å². The van der Waals surface area contributed by atoms with Gasteiger partial charge in [-0.15, -0.1) is 0 Å². The van der Waals surface area contributed by atoms with Gasteiger partial charge in [0.05, 0.1) is 6.61 Å². The Morgan fingerprint density at radius 2 is 2.27 bits per heavy atom. The quantitative estimate of drug-likeness (QED) is 0.674. The lowest BCUT2D eigenvalue weighted by Gasteiger charge is -2.08. The summed E-state index contributed by atoms with van der Waals surface area (Å²) in [5.41, 5.74) is 0.297. The predicted octanol–water partition coefficient (Wildman–Crippen LogP) is 1.53. The Bertz CT molecular complexity index is 152. The molecule has 0 spiro atoms. The predicted molar refractivity (Wildman–Crippen MR) is 42.4 cm³/mol. The van der Waals surface area contributed by atoms with Crippen molar-refractivity contribution in [3.05, 3.63) is 0 Å². The smallest absolute Gasteiger partial charge is 0.407 e. The first-order chi connectivity index (χ1) is 5.16. The molecule has 0 atom stereocenters. The van der Waals surface area contributed by atoms with Gasteiger partial charge >= 0.3 is 6.09 Å². The average Bonchev–Trinajstić information content (AvgIpc) is 2.66. The molecule has 1 aliphatic carbocycles. The molecule has 0 aliphatic heterocycles. The molecule has 1 fully saturated rings. The second kappa shape index (κ2) is 3.11. The van der Waals surface area contributed by atoms with Crippen LogP contribution in [-0.2, 0) is 4.74 Å². The van der Waals surface area contributed by atoms with Gasteiger partial charge in [-0.25, -0.2) is 4.79 Å². The Labute approximate surface area is 67.1 Å². The standard InChI is InChI=1S/C8H15NO2/c1-3-9-7(10)11-6-8(2)4-5-8/h3-6H2,1-2H3,(H,9,10). The summed E-state index contributed by atoms with van der Waals surface area (Å²) in [6, 6.07) is 0. The van der Waals surface area contributed by atoms with E-state index in [-0.39, 0.29) is 6.09 Å². The Morgan fingerprint density at radius 3 is 2.73 bits per heavy atom. The van der Waals surface area contributed by atoms with Crippen LogP contribution in [0.3, 0.4) is 0 Å². The Hall–Kier alpha value is -0.730. The van der Waals surface area contributed by atoms with Gasteiger partial charge in [0.1, 0.15) is 0 Å². The summed E-state index contributed by atoms with van der Waals surface area (Å²) in [5.74, 6) is 0. The van der Waals surface area contributed by atoms with E-state index in [1.807, 2.05) is 6.92 Å². The third kappa shape index (κ3) is 2.78. The number of hydrogen-bond donors (Lipinski definition) is 1. The first-order valence-corrected chi connectivity index (χ1v) is 4.07. The van der Waals surface area contributed by atoms with Crippen LogP contribution in [0.25, 0.3) is 0 Å². The van der Waals surface area contributed by atoms with Crippen molar-refractivity contribution in [1.82, 2.24) is 5.32 Å². The Morgan fingerprint density at radius 1 is 1.64 bits per heavy atom. The highest BCUT2D eigenvalue weighted by Crippen LogP contribution is 2.44. The Balaban J connectivity index is 2.06. The van der Waals surface area contributed by atoms with Crippen molar-refractivity contribution in [3.8, 4) is 0 Å². The normalized spacial score (nSPS) is 19.1. The van der Waals surface area contributed by atoms with E-state index in [0.29, 0.717) is 18.6 Å². The zero-order valence-electron chi connectivity index (χ0n) is 7.14. The second-order valence-corrected chi connectivity index (χ2v) is 3.42. The van der Waals surface area contributed by atoms with Crippen molar-refractivity contribution >= 4 is 6.09 Å². The van der Waals surface area contributed by atoms with E-state index in [1.54, 1.807) is 0 Å². The lowest BCUT2D eigenvalue weighted by atomic mass is 10.2. The molecular formula is C8H15NO2. The van der Waals surface area contributed by atoms with E-state index in [9.17, 15) is 4.79 Å². The lowest BCUT2D eigenvalue weighted by Crippen LogP contribution is -2.25. The van der Waals surface area contributed by atoms with Crippen molar-refractivity contribution in [2.75, 3.05) is 13.2 Å². The highest BCUT2D eigenvalue weighted by molar-refractivity contribution is 5.67. The van der Waals surface area contributed by atoms with Crippen molar-refractivity contribution in [2.24, 2.45) is 5.41 Å². The minimum Gasteiger partial charge on any atom is -0.449 e. The molecule has 11 heavy (non-hydrogen) atoms. The zero-order chi connectivity index (χ0) is 8.32. The molecular weight excluding hydrogens is 142 g/mol. The van der Waals surface area contributed by atoms with Gasteiger partial charge in [-0.2, -0.15) is 0 Å². The van der Waals surface area contributed by atoms with Gasteiger partial charge in [0.25, 0.3) is 0 Å². The number of carbonyl (C=O) groups excluding carboxylic acids is 1. The summed E-state index contributed by atoms with van der Waals surface area (Å²) < 4.78 is 4.96. The van der Waals surface area contributed by atoms with Crippen LogP contribution in [0.2, 0.25) is 0 Å². The summed E-state index contributed by atoms with van der Waals surface area (Å²) in [6.45, 7) is 5.21. The minimum atomic E-state index is -0.291. The fourth-order valence-corrected chi connectivity index (χ4v) is 0.793. The molecule has 0 unspecified atom stereocenters. The van der Waals surface area contributed by atoms with Crippen LogP contribution in [0, 0.1) is 5.41 Å². The van der Waals surface area contributed by atoms with Crippen LogP contribution in [0.1, 0.15) is 26.7 Å². The number of ether oxygens (including phenoxy) is 1. The number of hydrogen-bond acceptors (Lipinski definition) is 2. The van der Waals surface area contributed by atoms with Crippen LogP contribution in [0.4, 0.5) is 4.79 Å². The van der Waals surface area contributed by atoms with Crippen LogP contribution in [0.5, 0.6) is 0 Å². The van der Waals surface area contributed by atoms with Crippen molar-refractivity contribution in [1.29, 1.82) is 0 Å². The number of carbonyl (C=O) groups is 1. The van der Waals surface area contributed by atoms with Gasteiger partial charge in [0.2, 0.25) is 0 Å². The van der Waals surface area contributed by atoms with Crippen molar-refractivity contribution in [3.63, 3.8) is 0 Å². The third-order valence-electron chi connectivity index (χ3n) is 1.98. The summed E-state index contributed by atoms with van der Waals surface area (Å²) in [5, 5.41) is 2.58. The molecule has 3 nitrogen and oxygen atoms in total. The van der Waals surface area contributed by atoms with E-state index in [1.165, 1.54) is 12.8 Å². The first kappa shape index (κ1) is 8.37. The van der Waals surface area contributed by atoms with E-state index < -0.39 is 0 Å². The third-order valence-corrected chi connectivity index (χ3v) is 1.98. The molecule has 0 heterocycles. The zero-order valence-corrected chi connectivity index (χ0v) is 7.14. The number of rotatable bonds is 3. The van der Waals surface area contributed by atoms with Gasteiger partial charge in [0.15, 0.2) is 0 Å². The maximum Gasteiger partial charge on any atom is 0.407 e. The van der Waals surface area contributed by atoms with Crippen LogP contribution in [0.15, 0.2) is 0 Å². The van der Waals surface area contributed by atoms with Crippen LogP contribution >= 0.6 is 0 Å². The molecule has 0 aromatic rings. The maximum atomic E-state index is 10.8. The molecule has 1 N–H and O–H groups in total. The number of amides is 1. The van der Waals surface area contributed by atoms with E-state index in [4.69, 9.17) is 4.74 Å². The van der Waals surface area contributed by atoms with E-state index >= 15 is 0 Å². The maximum absolute atomic E-state index is 10.8. The molecule has 1 aliphatic rings. The molecule has 1 rings (SSSR count). The van der Waals surface area contributed by atoms with Gasteiger partial charge in [0, 0.05) is 12.0 Å². The lowest BCUT2D eigenvalue weighted by molar-refractivity contribution is 0.125. The van der Waals surface area contributed by atoms with Crippen LogP contribution in [-0.4, -0.2) is 19.2 Å². The first-order valence-electron chi connectivity index (χ1n) is 4.07. The van der Waals surface area contributed by atoms with Gasteiger partial charge in [-0.3, -0.25) is 0 Å². The SMILES string of the molecule is CCNC(=O)OCC1(C)CC1. The van der Waals surface area contributed by atoms with Gasteiger partial charge < -0.3 is 10.1 Å². The molecule has 1 saturated carbocycles. The van der Waals surface area contributed by atoms with Crippen molar-refractivity contribution in [2.45, 2.75) is 26.7 Å². The molecule has 0 bridgehead atoms. The minimum absolute atomic E-state index is 0.291. The monoisotopic (exact) mass is 157 g/mol. The molecule has 0 saturated heterocycles. The Kier molecular flexibility index (Phi) is 2.37. The van der Waals surface area contributed by atoms with Crippen molar-refractivity contribution < 1.29 is 9.53 Å².